The molecule has 0 saturated carbocycles. The van der Waals surface area contributed by atoms with Gasteiger partial charge in [-0.2, -0.15) is 0 Å². The van der Waals surface area contributed by atoms with Crippen molar-refractivity contribution in [2.24, 2.45) is 7.05 Å². The van der Waals surface area contributed by atoms with Gasteiger partial charge in [-0.1, -0.05) is 23.9 Å². The number of nitrogens with one attached hydrogen (secondary N) is 1. The zero-order valence-electron chi connectivity index (χ0n) is 14.8. The molecule has 1 unspecified atom stereocenters. The Morgan fingerprint density at radius 2 is 2.12 bits per heavy atom. The Morgan fingerprint density at radius 3 is 2.73 bits per heavy atom. The van der Waals surface area contributed by atoms with Crippen LogP contribution < -0.4 is 5.32 Å². The zero-order chi connectivity index (χ0) is 18.9. The number of urea groups is 1. The largest absolute Gasteiger partial charge is 0.322 e. The van der Waals surface area contributed by atoms with E-state index in [0.29, 0.717) is 5.69 Å². The van der Waals surface area contributed by atoms with Crippen LogP contribution in [0.2, 0.25) is 0 Å². The number of carbonyl (C=O) groups excluding carboxylic acids is 1. The molecule has 1 aliphatic heterocycles. The predicted molar refractivity (Wildman–Crippen MR) is 101 cm³/mol. The Labute approximate surface area is 156 Å². The minimum absolute atomic E-state index is 0.133. The van der Waals surface area contributed by atoms with E-state index in [9.17, 15) is 13.2 Å². The molecule has 1 aromatic heterocycles. The third kappa shape index (κ3) is 4.18. The van der Waals surface area contributed by atoms with Crippen LogP contribution in [0.4, 0.5) is 10.5 Å². The fraction of sp³-hybridized carbons (Fsp3) is 0.438. The topological polar surface area (TPSA) is 97.2 Å². The Balaban J connectivity index is 1.61. The van der Waals surface area contributed by atoms with Crippen LogP contribution in [-0.2, 0) is 16.9 Å². The molecule has 1 N–H and O–H groups in total. The Bertz CT molecular complexity index is 906. The van der Waals surface area contributed by atoms with Crippen molar-refractivity contribution in [2.75, 3.05) is 24.7 Å². The number of amides is 2. The number of nitrogens with zero attached hydrogens (tertiary/aromatic N) is 4. The van der Waals surface area contributed by atoms with Crippen molar-refractivity contribution in [3.63, 3.8) is 0 Å². The van der Waals surface area contributed by atoms with Gasteiger partial charge in [0.05, 0.1) is 5.25 Å². The third-order valence-electron chi connectivity index (χ3n) is 4.30. The maximum absolute atomic E-state index is 12.2. The van der Waals surface area contributed by atoms with E-state index in [4.69, 9.17) is 0 Å². The van der Waals surface area contributed by atoms with Crippen LogP contribution in [0.25, 0.3) is 0 Å². The molecule has 3 rings (SSSR count). The number of carbonyl (C=O) groups is 1. The summed E-state index contributed by atoms with van der Waals surface area (Å²) in [5.41, 5.74) is 1.73. The van der Waals surface area contributed by atoms with Gasteiger partial charge in [-0.25, -0.2) is 13.2 Å². The lowest BCUT2D eigenvalue weighted by molar-refractivity contribution is 0.183. The van der Waals surface area contributed by atoms with Gasteiger partial charge in [0.25, 0.3) is 0 Å². The molecule has 0 radical (unpaired) electrons. The second kappa shape index (κ2) is 7.28. The maximum atomic E-state index is 12.2. The summed E-state index contributed by atoms with van der Waals surface area (Å²) in [7, 11) is -1.20. The van der Waals surface area contributed by atoms with Gasteiger partial charge in [0.2, 0.25) is 0 Å². The van der Waals surface area contributed by atoms with Crippen LogP contribution in [-0.4, -0.2) is 58.7 Å². The average molecular weight is 396 g/mol. The van der Waals surface area contributed by atoms with Crippen LogP contribution in [0, 0.1) is 0 Å². The molecule has 1 fully saturated rings. The van der Waals surface area contributed by atoms with Gasteiger partial charge in [0, 0.05) is 37.3 Å². The lowest BCUT2D eigenvalue weighted by Crippen LogP contribution is -2.57. The van der Waals surface area contributed by atoms with Crippen molar-refractivity contribution >= 4 is 33.3 Å². The molecule has 8 nitrogen and oxygen atoms in total. The first-order valence-electron chi connectivity index (χ1n) is 8.09. The van der Waals surface area contributed by atoms with Crippen molar-refractivity contribution < 1.29 is 13.2 Å². The van der Waals surface area contributed by atoms with Gasteiger partial charge < -0.3 is 14.8 Å². The van der Waals surface area contributed by atoms with E-state index >= 15 is 0 Å². The smallest absolute Gasteiger partial charge is 0.321 e. The molecule has 1 aromatic carbocycles. The van der Waals surface area contributed by atoms with Gasteiger partial charge in [-0.3, -0.25) is 0 Å². The van der Waals surface area contributed by atoms with E-state index in [-0.39, 0.29) is 24.4 Å². The van der Waals surface area contributed by atoms with Gasteiger partial charge >= 0.3 is 6.03 Å². The lowest BCUT2D eigenvalue weighted by Gasteiger charge is -2.37. The van der Waals surface area contributed by atoms with Crippen molar-refractivity contribution in [2.45, 2.75) is 22.6 Å². The summed E-state index contributed by atoms with van der Waals surface area (Å²) in [4.78, 5) is 13.7. The van der Waals surface area contributed by atoms with Crippen molar-refractivity contribution in [3.8, 4) is 0 Å². The Kier molecular flexibility index (Phi) is 5.24. The number of rotatable bonds is 5. The van der Waals surface area contributed by atoms with Crippen molar-refractivity contribution in [1.82, 2.24) is 19.7 Å². The Morgan fingerprint density at radius 1 is 1.38 bits per heavy atom. The number of aryl methyl sites for hydroxylation is 1. The summed E-state index contributed by atoms with van der Waals surface area (Å²) in [6.07, 6.45) is 2.86. The molecular formula is C16H21N5O3S2. The summed E-state index contributed by atoms with van der Waals surface area (Å²) < 4.78 is 24.7. The minimum atomic E-state index is -3.09. The van der Waals surface area contributed by atoms with Crippen LogP contribution in [0.5, 0.6) is 0 Å². The molecule has 10 heteroatoms. The van der Waals surface area contributed by atoms with Crippen molar-refractivity contribution in [3.05, 3.63) is 36.2 Å². The number of hydrogen-bond acceptors (Lipinski definition) is 6. The lowest BCUT2D eigenvalue weighted by atomic mass is 10.1. The molecule has 2 heterocycles. The summed E-state index contributed by atoms with van der Waals surface area (Å²) in [5, 5.41) is 11.3. The van der Waals surface area contributed by atoms with Gasteiger partial charge in [-0.05, 0) is 24.6 Å². The van der Waals surface area contributed by atoms with Crippen LogP contribution in [0.15, 0.2) is 35.7 Å². The van der Waals surface area contributed by atoms with E-state index in [0.717, 1.165) is 10.7 Å². The highest BCUT2D eigenvalue weighted by atomic mass is 32.2. The highest BCUT2D eigenvalue weighted by Crippen LogP contribution is 2.34. The SMILES string of the molecule is CC(Sc1nncn1C)c1cccc(NC(=O)N2CC(S(C)(=O)=O)C2)c1. The molecule has 2 amide bonds. The van der Waals surface area contributed by atoms with E-state index in [1.807, 2.05) is 35.9 Å². The molecule has 26 heavy (non-hydrogen) atoms. The second-order valence-electron chi connectivity index (χ2n) is 6.40. The normalized spacial score (nSPS) is 16.2. The number of anilines is 1. The highest BCUT2D eigenvalue weighted by Gasteiger charge is 2.37. The second-order valence-corrected chi connectivity index (χ2v) is 10.0. The molecule has 1 saturated heterocycles. The maximum Gasteiger partial charge on any atom is 0.321 e. The molecular weight excluding hydrogens is 374 g/mol. The zero-order valence-corrected chi connectivity index (χ0v) is 16.4. The molecule has 1 aliphatic rings. The minimum Gasteiger partial charge on any atom is -0.322 e. The number of sulfone groups is 1. The molecule has 0 spiro atoms. The molecule has 2 aromatic rings. The number of benzene rings is 1. The third-order valence-corrected chi connectivity index (χ3v) is 7.02. The fourth-order valence-corrected chi connectivity index (χ4v) is 4.36. The number of thioether (sulfide) groups is 1. The molecule has 0 aliphatic carbocycles. The van der Waals surface area contributed by atoms with Crippen LogP contribution >= 0.6 is 11.8 Å². The van der Waals surface area contributed by atoms with Crippen LogP contribution in [0.1, 0.15) is 17.7 Å². The summed E-state index contributed by atoms with van der Waals surface area (Å²) in [6, 6.07) is 7.33. The quantitative estimate of drug-likeness (QED) is 0.777. The van der Waals surface area contributed by atoms with E-state index in [1.54, 1.807) is 18.1 Å². The number of hydrogen-bond donors (Lipinski definition) is 1. The van der Waals surface area contributed by atoms with Gasteiger partial charge in [0.15, 0.2) is 15.0 Å². The fourth-order valence-electron chi connectivity index (χ4n) is 2.55. The standard InChI is InChI=1S/C16H21N5O3S2/c1-11(25-16-19-17-10-20(16)2)12-5-4-6-13(7-12)18-15(22)21-8-14(9-21)26(3,23)24/h4-7,10-11,14H,8-9H2,1-3H3,(H,18,22). The first-order chi connectivity index (χ1) is 12.2. The van der Waals surface area contributed by atoms with Crippen LogP contribution in [0.3, 0.4) is 0 Å². The predicted octanol–water partition coefficient (Wildman–Crippen LogP) is 1.93. The number of aromatic nitrogens is 3. The van der Waals surface area contributed by atoms with E-state index in [1.165, 1.54) is 11.2 Å². The monoisotopic (exact) mass is 395 g/mol. The Hall–Kier alpha value is -2.07. The first-order valence-corrected chi connectivity index (χ1v) is 10.9. The van der Waals surface area contributed by atoms with Crippen molar-refractivity contribution in [1.29, 1.82) is 0 Å². The first kappa shape index (κ1) is 18.7. The molecule has 1 atom stereocenters. The number of likely N-dealkylation sites (tertiary alicyclic amines) is 1. The average Bonchev–Trinajstić information content (AvgIpc) is 2.89. The van der Waals surface area contributed by atoms with Gasteiger partial charge in [-0.15, -0.1) is 10.2 Å². The van der Waals surface area contributed by atoms with E-state index in [2.05, 4.69) is 22.4 Å². The molecule has 140 valence electrons. The highest BCUT2D eigenvalue weighted by molar-refractivity contribution is 7.99. The molecule has 0 bridgehead atoms. The van der Waals surface area contributed by atoms with Gasteiger partial charge in [0.1, 0.15) is 6.33 Å². The summed E-state index contributed by atoms with van der Waals surface area (Å²) in [6.45, 7) is 2.54. The summed E-state index contributed by atoms with van der Waals surface area (Å²) >= 11 is 1.58. The summed E-state index contributed by atoms with van der Waals surface area (Å²) in [5.74, 6) is 0. The van der Waals surface area contributed by atoms with E-state index < -0.39 is 15.1 Å².